The van der Waals surface area contributed by atoms with E-state index in [9.17, 15) is 29.1 Å². The van der Waals surface area contributed by atoms with Gasteiger partial charge >= 0.3 is 11.9 Å². The molecule has 2 N–H and O–H groups in total. The van der Waals surface area contributed by atoms with E-state index in [1.54, 1.807) is 13.8 Å². The van der Waals surface area contributed by atoms with Crippen LogP contribution in [0.4, 0.5) is 0 Å². The molecule has 0 aliphatic heterocycles. The Morgan fingerprint density at radius 1 is 0.909 bits per heavy atom. The van der Waals surface area contributed by atoms with Crippen molar-refractivity contribution < 1.29 is 33.8 Å². The smallest absolute Gasteiger partial charge is 0.309 e. The van der Waals surface area contributed by atoms with Gasteiger partial charge in [-0.25, -0.2) is 0 Å². The van der Waals surface area contributed by atoms with Gasteiger partial charge in [0.1, 0.15) is 6.10 Å². The lowest BCUT2D eigenvalue weighted by Gasteiger charge is -2.72. The normalized spacial score (nSPS) is 37.3. The molecule has 5 fully saturated rings. The summed E-state index contributed by atoms with van der Waals surface area (Å²) in [5.74, 6) is -2.26. The Morgan fingerprint density at radius 2 is 1.56 bits per heavy atom. The minimum atomic E-state index is -1.20. The number of hydrogen-bond acceptors (Lipinski definition) is 6. The molecule has 5 saturated carbocycles. The van der Waals surface area contributed by atoms with Crippen LogP contribution in [0.25, 0.3) is 0 Å². The lowest BCUT2D eigenvalue weighted by Crippen LogP contribution is -2.66. The van der Waals surface area contributed by atoms with Crippen LogP contribution in [0.3, 0.4) is 0 Å². The first-order chi connectivity index (χ1) is 25.5. The molecule has 1 aromatic carbocycles. The Hall–Kier alpha value is -3.00. The second-order valence-corrected chi connectivity index (χ2v) is 21.2. The molecule has 1 amide bonds. The van der Waals surface area contributed by atoms with Crippen LogP contribution in [0, 0.1) is 62.6 Å². The zero-order valence-electron chi connectivity index (χ0n) is 34.4. The Kier molecular flexibility index (Phi) is 9.70. The van der Waals surface area contributed by atoms with Crippen molar-refractivity contribution >= 4 is 41.0 Å². The molecule has 0 heterocycles. The molecule has 9 heteroatoms. The third kappa shape index (κ3) is 6.16. The highest BCUT2D eigenvalue weighted by Crippen LogP contribution is 2.76. The summed E-state index contributed by atoms with van der Waals surface area (Å²) in [7, 11) is 0. The number of nitrogens with one attached hydrogen (secondary N) is 1. The van der Waals surface area contributed by atoms with Gasteiger partial charge in [0.25, 0.3) is 5.91 Å². The molecule has 55 heavy (non-hydrogen) atoms. The van der Waals surface area contributed by atoms with Crippen LogP contribution < -0.4 is 5.32 Å². The third-order valence-corrected chi connectivity index (χ3v) is 17.1. The van der Waals surface area contributed by atoms with Crippen molar-refractivity contribution in [3.63, 3.8) is 0 Å². The van der Waals surface area contributed by atoms with Gasteiger partial charge in [-0.3, -0.25) is 24.0 Å². The maximum absolute atomic E-state index is 14.7. The van der Waals surface area contributed by atoms with Crippen molar-refractivity contribution in [3.8, 4) is 0 Å². The number of ether oxygens (including phenoxy) is 1. The fourth-order valence-corrected chi connectivity index (χ4v) is 13.7. The molecular weight excluding hydrogens is 714 g/mol. The van der Waals surface area contributed by atoms with Crippen LogP contribution >= 0.6 is 11.6 Å². The number of carboxylic acid groups (broad SMARTS) is 1. The number of amides is 1. The van der Waals surface area contributed by atoms with Gasteiger partial charge in [0.05, 0.1) is 17.4 Å². The van der Waals surface area contributed by atoms with Gasteiger partial charge in [0, 0.05) is 22.8 Å². The second kappa shape index (κ2) is 13.3. The number of aliphatic carboxylic acids is 1. The van der Waals surface area contributed by atoms with Gasteiger partial charge in [0.2, 0.25) is 5.78 Å². The summed E-state index contributed by atoms with van der Waals surface area (Å²) >= 11 is 6.17. The maximum atomic E-state index is 14.7. The lowest BCUT2D eigenvalue weighted by molar-refractivity contribution is -0.234. The number of ketones is 2. The second-order valence-electron chi connectivity index (χ2n) is 20.8. The predicted molar refractivity (Wildman–Crippen MR) is 211 cm³/mol. The van der Waals surface area contributed by atoms with Crippen molar-refractivity contribution in [3.05, 3.63) is 46.0 Å². The molecule has 1 aromatic rings. The summed E-state index contributed by atoms with van der Waals surface area (Å²) < 4.78 is 6.16. The highest BCUT2D eigenvalue weighted by Gasteiger charge is 2.70. The molecule has 0 spiro atoms. The molecule has 0 aromatic heterocycles. The number of carbonyl (C=O) groups excluding carboxylic acids is 4. The number of hydrogen-bond donors (Lipinski definition) is 2. The first kappa shape index (κ1) is 40.2. The molecule has 0 bridgehead atoms. The fourth-order valence-electron chi connectivity index (χ4n) is 13.6. The monoisotopic (exact) mass is 775 g/mol. The summed E-state index contributed by atoms with van der Waals surface area (Å²) in [4.78, 5) is 67.6. The van der Waals surface area contributed by atoms with Crippen molar-refractivity contribution in [2.45, 2.75) is 145 Å². The lowest BCUT2D eigenvalue weighted by atomic mass is 9.33. The van der Waals surface area contributed by atoms with E-state index < -0.39 is 34.7 Å². The number of allylic oxidation sites excluding steroid dienone is 2. The molecule has 1 unspecified atom stereocenters. The van der Waals surface area contributed by atoms with Crippen molar-refractivity contribution in [2.24, 2.45) is 62.6 Å². The molecule has 8 nitrogen and oxygen atoms in total. The molecule has 6 aliphatic rings. The van der Waals surface area contributed by atoms with Crippen LogP contribution in [-0.4, -0.2) is 40.6 Å². The number of Topliss-reactive ketones (excluding diaryl/α,β-unsaturated/α-hetero) is 2. The first-order valence-electron chi connectivity index (χ1n) is 20.8. The highest BCUT2D eigenvalue weighted by molar-refractivity contribution is 6.37. The molecule has 7 rings (SSSR count). The number of carboxylic acids is 1. The Morgan fingerprint density at radius 3 is 2.16 bits per heavy atom. The maximum Gasteiger partial charge on any atom is 0.309 e. The topological polar surface area (TPSA) is 127 Å². The van der Waals surface area contributed by atoms with Gasteiger partial charge in [-0.1, -0.05) is 77.8 Å². The predicted octanol–water partition coefficient (Wildman–Crippen LogP) is 9.26. The minimum absolute atomic E-state index is 0.0395. The van der Waals surface area contributed by atoms with Crippen molar-refractivity contribution in [1.82, 2.24) is 5.32 Å². The number of fused-ring (bicyclic) bond motifs is 7. The van der Waals surface area contributed by atoms with Gasteiger partial charge < -0.3 is 15.2 Å². The van der Waals surface area contributed by atoms with Gasteiger partial charge in [-0.15, -0.1) is 0 Å². The average molecular weight is 776 g/mol. The van der Waals surface area contributed by atoms with E-state index in [4.69, 9.17) is 16.3 Å². The Bertz CT molecular complexity index is 1840. The number of rotatable bonds is 9. The zero-order chi connectivity index (χ0) is 40.3. The summed E-state index contributed by atoms with van der Waals surface area (Å²) in [5, 5.41) is 13.4. The van der Waals surface area contributed by atoms with E-state index in [1.807, 2.05) is 24.3 Å². The summed E-state index contributed by atoms with van der Waals surface area (Å²) in [6, 6.07) is 7.49. The third-order valence-electron chi connectivity index (χ3n) is 16.8. The van der Waals surface area contributed by atoms with E-state index >= 15 is 0 Å². The van der Waals surface area contributed by atoms with Crippen molar-refractivity contribution in [1.29, 1.82) is 0 Å². The molecule has 9 atom stereocenters. The van der Waals surface area contributed by atoms with E-state index in [0.717, 1.165) is 56.1 Å². The van der Waals surface area contributed by atoms with E-state index in [0.29, 0.717) is 30.2 Å². The van der Waals surface area contributed by atoms with Crippen molar-refractivity contribution in [2.75, 3.05) is 0 Å². The first-order valence-corrected chi connectivity index (χ1v) is 21.2. The molecular formula is C46H62ClNO7. The summed E-state index contributed by atoms with van der Waals surface area (Å²) in [6.45, 7) is 19.0. The van der Waals surface area contributed by atoms with Crippen LogP contribution in [0.5, 0.6) is 0 Å². The van der Waals surface area contributed by atoms with Gasteiger partial charge in [-0.2, -0.15) is 0 Å². The zero-order valence-corrected chi connectivity index (χ0v) is 35.2. The highest BCUT2D eigenvalue weighted by atomic mass is 35.5. The number of benzene rings is 1. The van der Waals surface area contributed by atoms with E-state index in [2.05, 4.69) is 53.8 Å². The molecule has 0 radical (unpaired) electrons. The number of carbonyl (C=O) groups is 5. The minimum Gasteiger partial charge on any atom is -0.481 e. The van der Waals surface area contributed by atoms with Crippen LogP contribution in [-0.2, 0) is 34.2 Å². The average Bonchev–Trinajstić information content (AvgIpc) is 3.78. The quantitative estimate of drug-likeness (QED) is 0.189. The molecule has 0 saturated heterocycles. The number of esters is 1. The Balaban J connectivity index is 1.19. The largest absolute Gasteiger partial charge is 0.481 e. The number of halogens is 1. The van der Waals surface area contributed by atoms with Gasteiger partial charge in [-0.05, 0) is 141 Å². The summed E-state index contributed by atoms with van der Waals surface area (Å²) in [5.41, 5.74) is 0.412. The van der Waals surface area contributed by atoms with E-state index in [-0.39, 0.29) is 69.4 Å². The molecule has 6 aliphatic carbocycles. The van der Waals surface area contributed by atoms with Gasteiger partial charge in [0.15, 0.2) is 5.78 Å². The molecule has 300 valence electrons. The fraction of sp³-hybridized carbons (Fsp3) is 0.717. The Labute approximate surface area is 332 Å². The van der Waals surface area contributed by atoms with Crippen LogP contribution in [0.15, 0.2) is 35.4 Å². The standard InChI is InChI=1S/C46H62ClNO7/c1-25(2)36-31(49)22-28-29(38(51)39(52)48-46(20-21-46)26-10-12-27(47)13-11-26)23-45(9)30(37(28)36)14-15-33-43(7)18-17-34(55-35(50)24-41(3,4)40(53)54)42(5,6)32(43)16-19-44(33,45)8/h10-13,25,28-30,32-34H,14-24H2,1-9H3,(H,48,52)(H,53,54)/t28?,29-,30+,32-,33+,34-,43-,44+,45+/m0/s1. The SMILES string of the molecule is CC(C)C1=C2C(CC1=O)[C@@H](C(=O)C(=O)NC1(c3ccc(Cl)cc3)CC1)C[C@]1(C)[C@@H]2CC[C@@H]2[C@@]3(C)CC[C@H](OC(=O)CC(C)(C)C(=O)O)C(C)(C)[C@@H]3CC[C@]21C. The van der Waals surface area contributed by atoms with Crippen LogP contribution in [0.2, 0.25) is 5.02 Å². The van der Waals surface area contributed by atoms with Crippen LogP contribution in [0.1, 0.15) is 139 Å². The van der Waals surface area contributed by atoms with E-state index in [1.165, 1.54) is 5.57 Å². The summed E-state index contributed by atoms with van der Waals surface area (Å²) in [6.07, 6.45) is 7.39.